The van der Waals surface area contributed by atoms with E-state index in [1.807, 2.05) is 0 Å². The summed E-state index contributed by atoms with van der Waals surface area (Å²) in [7, 11) is 0. The van der Waals surface area contributed by atoms with Gasteiger partial charge in [-0.05, 0) is 18.4 Å². The Kier molecular flexibility index (Phi) is 9.71. The maximum absolute atomic E-state index is 8.33. The number of nitrogens with two attached hydrogens (primary N) is 2. The first kappa shape index (κ1) is 14.7. The lowest BCUT2D eigenvalue weighted by atomic mass is 10.6. The van der Waals surface area contributed by atoms with Crippen LogP contribution in [0.3, 0.4) is 0 Å². The molecule has 0 saturated heterocycles. The number of thiocarbonyl (C=S) groups is 1. The normalized spacial score (nSPS) is 7.43. The van der Waals surface area contributed by atoms with Crippen molar-refractivity contribution in [3.8, 4) is 0 Å². The Hall–Kier alpha value is -1.83. The van der Waals surface area contributed by atoms with Crippen molar-refractivity contribution >= 4 is 29.4 Å². The van der Waals surface area contributed by atoms with Crippen molar-refractivity contribution < 1.29 is 15.0 Å². The molecule has 7 nitrogen and oxygen atoms in total. The SMILES string of the molecule is C=CCNC(=S)N=C(N)N.O=C([O-])[O-]. The quantitative estimate of drug-likeness (QED) is 0.193. The van der Waals surface area contributed by atoms with E-state index in [1.54, 1.807) is 6.08 Å². The molecule has 0 fully saturated rings. The van der Waals surface area contributed by atoms with Crippen molar-refractivity contribution in [3.63, 3.8) is 0 Å². The molecule has 0 amide bonds. The Labute approximate surface area is 86.1 Å². The number of nitrogens with one attached hydrogen (secondary N) is 1. The lowest BCUT2D eigenvalue weighted by molar-refractivity contribution is -0.415. The molecule has 0 rings (SSSR count). The van der Waals surface area contributed by atoms with Crippen LogP contribution in [0.15, 0.2) is 17.6 Å². The van der Waals surface area contributed by atoms with E-state index in [0.717, 1.165) is 0 Å². The van der Waals surface area contributed by atoms with E-state index in [9.17, 15) is 0 Å². The molecule has 0 aliphatic heterocycles. The van der Waals surface area contributed by atoms with Gasteiger partial charge in [-0.2, -0.15) is 4.99 Å². The molecule has 8 heteroatoms. The molecule has 5 N–H and O–H groups in total. The van der Waals surface area contributed by atoms with Crippen LogP contribution in [0.5, 0.6) is 0 Å². The summed E-state index contributed by atoms with van der Waals surface area (Å²) in [5.41, 5.74) is 10.1. The molecule has 80 valence electrons. The smallest absolute Gasteiger partial charge is 0.196 e. The number of carbonyl (C=O) groups excluding carboxylic acids is 1. The van der Waals surface area contributed by atoms with Crippen molar-refractivity contribution in [2.24, 2.45) is 16.5 Å². The summed E-state index contributed by atoms with van der Waals surface area (Å²) < 4.78 is 0. The fraction of sp³-hybridized carbons (Fsp3) is 0.167. The third-order valence-electron chi connectivity index (χ3n) is 0.628. The van der Waals surface area contributed by atoms with E-state index < -0.39 is 6.16 Å². The van der Waals surface area contributed by atoms with Crippen LogP contribution in [0.2, 0.25) is 0 Å². The number of rotatable bonds is 2. The number of carboxylic acid groups (broad SMARTS) is 2. The standard InChI is InChI=1S/C5H10N4S.CH2O3/c1-2-3-8-5(10)9-4(6)7;2-1(3)4/h2H,1,3H2,(H5,6,7,8,9,10);(H2,2,3,4)/p-2. The molecule has 0 aliphatic rings. The summed E-state index contributed by atoms with van der Waals surface area (Å²) >= 11 is 4.69. The summed E-state index contributed by atoms with van der Waals surface area (Å²) in [5, 5.41) is 19.7. The van der Waals surface area contributed by atoms with Gasteiger partial charge in [0, 0.05) is 6.54 Å². The second kappa shape index (κ2) is 9.26. The third-order valence-corrected chi connectivity index (χ3v) is 0.864. The molecule has 0 saturated carbocycles. The number of aliphatic imine (C=N–C) groups is 1. The number of nitrogens with zero attached hydrogens (tertiary/aromatic N) is 1. The maximum atomic E-state index is 8.33. The third kappa shape index (κ3) is 22.5. The highest BCUT2D eigenvalue weighted by atomic mass is 32.1. The van der Waals surface area contributed by atoms with Crippen molar-refractivity contribution in [2.45, 2.75) is 0 Å². The molecule has 0 radical (unpaired) electrons. The zero-order valence-electron chi connectivity index (χ0n) is 7.23. The monoisotopic (exact) mass is 218 g/mol. The molecule has 0 aromatic rings. The minimum Gasteiger partial charge on any atom is -0.652 e. The minimum absolute atomic E-state index is 0.0402. The largest absolute Gasteiger partial charge is 0.652 e. The molecular formula is C6H10N4O3S-2. The Morgan fingerprint density at radius 3 is 2.29 bits per heavy atom. The maximum Gasteiger partial charge on any atom is 0.196 e. The molecule has 14 heavy (non-hydrogen) atoms. The summed E-state index contributed by atoms with van der Waals surface area (Å²) in [4.78, 5) is 11.9. The first-order chi connectivity index (χ1) is 6.40. The van der Waals surface area contributed by atoms with Crippen LogP contribution in [-0.4, -0.2) is 23.8 Å². The topological polar surface area (TPSA) is 140 Å². The highest BCUT2D eigenvalue weighted by molar-refractivity contribution is 7.80. The summed E-state index contributed by atoms with van der Waals surface area (Å²) in [6.07, 6.45) is -0.672. The van der Waals surface area contributed by atoms with Gasteiger partial charge in [0.15, 0.2) is 11.1 Å². The first-order valence-corrected chi connectivity index (χ1v) is 3.67. The molecule has 0 aromatic heterocycles. The average Bonchev–Trinajstić information content (AvgIpc) is 1.98. The van der Waals surface area contributed by atoms with Crippen molar-refractivity contribution in [3.05, 3.63) is 12.7 Å². The Morgan fingerprint density at radius 2 is 2.00 bits per heavy atom. The number of guanidine groups is 1. The molecular weight excluding hydrogens is 208 g/mol. The molecule has 0 unspecified atom stereocenters. The van der Waals surface area contributed by atoms with Gasteiger partial charge in [-0.25, -0.2) is 0 Å². The van der Waals surface area contributed by atoms with Gasteiger partial charge < -0.3 is 31.8 Å². The molecule has 0 atom stereocenters. The average molecular weight is 218 g/mol. The predicted octanol–water partition coefficient (Wildman–Crippen LogP) is -3.13. The second-order valence-electron chi connectivity index (χ2n) is 1.76. The highest BCUT2D eigenvalue weighted by Gasteiger charge is 1.87. The number of hydrogen-bond donors (Lipinski definition) is 3. The summed E-state index contributed by atoms with van der Waals surface area (Å²) in [5.74, 6) is -0.0402. The molecule has 0 heterocycles. The molecule has 0 aromatic carbocycles. The lowest BCUT2D eigenvalue weighted by Gasteiger charge is -1.97. The van der Waals surface area contributed by atoms with Crippen LogP contribution < -0.4 is 27.0 Å². The molecule has 0 bridgehead atoms. The number of hydrogen-bond acceptors (Lipinski definition) is 4. The van der Waals surface area contributed by atoms with Gasteiger partial charge in [0.1, 0.15) is 0 Å². The zero-order valence-corrected chi connectivity index (χ0v) is 8.04. The van der Waals surface area contributed by atoms with Gasteiger partial charge in [0.25, 0.3) is 0 Å². The predicted molar refractivity (Wildman–Crippen MR) is 52.0 cm³/mol. The summed E-state index contributed by atoms with van der Waals surface area (Å²) in [6.45, 7) is 4.04. The zero-order chi connectivity index (χ0) is 11.6. The Balaban J connectivity index is 0. The molecule has 0 spiro atoms. The van der Waals surface area contributed by atoms with Crippen LogP contribution in [0.1, 0.15) is 0 Å². The highest BCUT2D eigenvalue weighted by Crippen LogP contribution is 1.72. The van der Waals surface area contributed by atoms with Gasteiger partial charge in [-0.15, -0.1) is 6.58 Å². The van der Waals surface area contributed by atoms with E-state index in [1.165, 1.54) is 0 Å². The van der Waals surface area contributed by atoms with Gasteiger partial charge >= 0.3 is 0 Å². The van der Waals surface area contributed by atoms with Crippen LogP contribution in [0.4, 0.5) is 4.79 Å². The van der Waals surface area contributed by atoms with Crippen LogP contribution in [0.25, 0.3) is 0 Å². The van der Waals surface area contributed by atoms with E-state index >= 15 is 0 Å². The van der Waals surface area contributed by atoms with Crippen LogP contribution in [-0.2, 0) is 0 Å². The van der Waals surface area contributed by atoms with Gasteiger partial charge in [0.05, 0.1) is 0 Å². The van der Waals surface area contributed by atoms with Gasteiger partial charge in [-0.1, -0.05) is 6.08 Å². The number of carbonyl (C=O) groups is 1. The first-order valence-electron chi connectivity index (χ1n) is 3.26. The minimum atomic E-state index is -2.33. The van der Waals surface area contributed by atoms with E-state index in [2.05, 4.69) is 29.1 Å². The Morgan fingerprint density at radius 1 is 1.57 bits per heavy atom. The van der Waals surface area contributed by atoms with Crippen molar-refractivity contribution in [2.75, 3.05) is 6.54 Å². The van der Waals surface area contributed by atoms with Crippen molar-refractivity contribution in [1.29, 1.82) is 0 Å². The van der Waals surface area contributed by atoms with Gasteiger partial charge in [-0.3, -0.25) is 0 Å². The van der Waals surface area contributed by atoms with Crippen molar-refractivity contribution in [1.82, 2.24) is 5.32 Å². The Bertz CT molecular complexity index is 233. The molecule has 0 aliphatic carbocycles. The van der Waals surface area contributed by atoms with Crippen LogP contribution >= 0.6 is 12.2 Å². The summed E-state index contributed by atoms with van der Waals surface area (Å²) in [6, 6.07) is 0. The van der Waals surface area contributed by atoms with E-state index in [0.29, 0.717) is 6.54 Å². The van der Waals surface area contributed by atoms with E-state index in [4.69, 9.17) is 26.5 Å². The second-order valence-corrected chi connectivity index (χ2v) is 2.15. The van der Waals surface area contributed by atoms with Gasteiger partial charge in [0.2, 0.25) is 0 Å². The lowest BCUT2D eigenvalue weighted by Crippen LogP contribution is -2.37. The van der Waals surface area contributed by atoms with Crippen LogP contribution in [0, 0.1) is 0 Å². The fourth-order valence-electron chi connectivity index (χ4n) is 0.316. The fourth-order valence-corrected chi connectivity index (χ4v) is 0.505. The van der Waals surface area contributed by atoms with E-state index in [-0.39, 0.29) is 11.1 Å².